The smallest absolute Gasteiger partial charge is 0.295 e. The van der Waals surface area contributed by atoms with Crippen LogP contribution in [0.2, 0.25) is 10.0 Å². The number of carbonyl (C=O) groups excluding carboxylic acids is 2. The molecule has 1 aliphatic rings. The molecule has 10 heteroatoms. The number of aliphatic hydroxyl groups is 1. The van der Waals surface area contributed by atoms with Gasteiger partial charge >= 0.3 is 0 Å². The van der Waals surface area contributed by atoms with Crippen LogP contribution in [0.15, 0.2) is 35.9 Å². The molecule has 0 spiro atoms. The molecule has 0 saturated carbocycles. The number of hydrogen-bond acceptors (Lipinski definition) is 7. The standard InChI is InChI=1S/C26H30Cl2N2O6/c1-6-29(7-2)10-11-30-22(16-13-19(34-3)25(36-5)20(14-16)35-4)21(24(32)26(30)33)23(31)15-8-9-17(27)18(28)12-15/h8-9,12-14,22,31H,6-7,10-11H2,1-5H3/b23-21+. The molecule has 1 unspecified atom stereocenters. The van der Waals surface area contributed by atoms with Gasteiger partial charge in [0.25, 0.3) is 11.7 Å². The van der Waals surface area contributed by atoms with Crippen LogP contribution in [0, 0.1) is 0 Å². The van der Waals surface area contributed by atoms with Crippen molar-refractivity contribution in [2.75, 3.05) is 47.5 Å². The van der Waals surface area contributed by atoms with Gasteiger partial charge in [-0.2, -0.15) is 0 Å². The molecule has 0 radical (unpaired) electrons. The summed E-state index contributed by atoms with van der Waals surface area (Å²) < 4.78 is 16.4. The Kier molecular flexibility index (Phi) is 9.11. The third kappa shape index (κ3) is 5.26. The number of halogens is 2. The van der Waals surface area contributed by atoms with Gasteiger partial charge in [0.1, 0.15) is 5.76 Å². The van der Waals surface area contributed by atoms with E-state index in [9.17, 15) is 14.7 Å². The third-order valence-corrected chi connectivity index (χ3v) is 7.03. The first-order valence-electron chi connectivity index (χ1n) is 11.5. The van der Waals surface area contributed by atoms with Crippen LogP contribution in [0.25, 0.3) is 5.76 Å². The van der Waals surface area contributed by atoms with Crippen LogP contribution in [0.1, 0.15) is 31.0 Å². The van der Waals surface area contributed by atoms with E-state index in [2.05, 4.69) is 4.90 Å². The van der Waals surface area contributed by atoms with Crippen molar-refractivity contribution >= 4 is 40.7 Å². The largest absolute Gasteiger partial charge is 0.507 e. The van der Waals surface area contributed by atoms with Crippen LogP contribution >= 0.6 is 23.2 Å². The number of ether oxygens (including phenoxy) is 3. The highest BCUT2D eigenvalue weighted by atomic mass is 35.5. The van der Waals surface area contributed by atoms with Gasteiger partial charge in [0.2, 0.25) is 5.75 Å². The Hall–Kier alpha value is -2.94. The number of benzene rings is 2. The topological polar surface area (TPSA) is 88.5 Å². The molecule has 1 aliphatic heterocycles. The summed E-state index contributed by atoms with van der Waals surface area (Å²) in [6.45, 7) is 6.45. The number of hydrogen-bond donors (Lipinski definition) is 1. The van der Waals surface area contributed by atoms with E-state index in [0.717, 1.165) is 13.1 Å². The molecule has 0 bridgehead atoms. The summed E-state index contributed by atoms with van der Waals surface area (Å²) in [6.07, 6.45) is 0. The lowest BCUT2D eigenvalue weighted by Crippen LogP contribution is -2.38. The zero-order chi connectivity index (χ0) is 26.6. The molecule has 1 atom stereocenters. The van der Waals surface area contributed by atoms with Gasteiger partial charge in [-0.25, -0.2) is 0 Å². The van der Waals surface area contributed by atoms with Crippen molar-refractivity contribution in [2.24, 2.45) is 0 Å². The van der Waals surface area contributed by atoms with Crippen LogP contribution in [0.4, 0.5) is 0 Å². The first kappa shape index (κ1) is 27.6. The highest BCUT2D eigenvalue weighted by molar-refractivity contribution is 6.47. The van der Waals surface area contributed by atoms with E-state index < -0.39 is 17.7 Å². The predicted octanol–water partition coefficient (Wildman–Crippen LogP) is 4.78. The van der Waals surface area contributed by atoms with E-state index in [0.29, 0.717) is 34.4 Å². The van der Waals surface area contributed by atoms with Crippen LogP contribution in [-0.2, 0) is 9.59 Å². The molecule has 2 aromatic carbocycles. The van der Waals surface area contributed by atoms with Crippen LogP contribution in [0.3, 0.4) is 0 Å². The van der Waals surface area contributed by atoms with Gasteiger partial charge < -0.3 is 29.1 Å². The zero-order valence-corrected chi connectivity index (χ0v) is 22.4. The SMILES string of the molecule is CCN(CC)CCN1C(=O)C(=O)/C(=C(/O)c2ccc(Cl)c(Cl)c2)C1c1cc(OC)c(OC)c(OC)c1. The van der Waals surface area contributed by atoms with Gasteiger partial charge in [-0.05, 0) is 49.0 Å². The first-order chi connectivity index (χ1) is 17.2. The number of rotatable bonds is 10. The average Bonchev–Trinajstić information content (AvgIpc) is 3.14. The number of likely N-dealkylation sites (N-methyl/N-ethyl adjacent to an activating group) is 1. The highest BCUT2D eigenvalue weighted by Crippen LogP contribution is 2.45. The number of amides is 1. The Morgan fingerprint density at radius 3 is 2.08 bits per heavy atom. The van der Waals surface area contributed by atoms with Crippen molar-refractivity contribution in [3.05, 3.63) is 57.1 Å². The fourth-order valence-electron chi connectivity index (χ4n) is 4.30. The molecule has 1 N–H and O–H groups in total. The van der Waals surface area contributed by atoms with Gasteiger partial charge in [-0.1, -0.05) is 37.0 Å². The highest BCUT2D eigenvalue weighted by Gasteiger charge is 2.46. The van der Waals surface area contributed by atoms with E-state index in [1.54, 1.807) is 18.2 Å². The second kappa shape index (κ2) is 11.9. The second-order valence-electron chi connectivity index (χ2n) is 8.11. The quantitative estimate of drug-likeness (QED) is 0.265. The maximum Gasteiger partial charge on any atom is 0.295 e. The van der Waals surface area contributed by atoms with Crippen LogP contribution < -0.4 is 14.2 Å². The average molecular weight is 537 g/mol. The molecule has 1 amide bonds. The molecule has 3 rings (SSSR count). The fraction of sp³-hybridized carbons (Fsp3) is 0.385. The number of Topliss-reactive ketones (excluding diaryl/α,β-unsaturated/α-hetero) is 1. The number of likely N-dealkylation sites (tertiary alicyclic amines) is 1. The van der Waals surface area contributed by atoms with Crippen LogP contribution in [0.5, 0.6) is 17.2 Å². The Bertz CT molecular complexity index is 1150. The minimum Gasteiger partial charge on any atom is -0.507 e. The summed E-state index contributed by atoms with van der Waals surface area (Å²) >= 11 is 12.2. The van der Waals surface area contributed by atoms with E-state index in [-0.39, 0.29) is 28.5 Å². The van der Waals surface area contributed by atoms with Crippen molar-refractivity contribution in [2.45, 2.75) is 19.9 Å². The normalized spacial score (nSPS) is 17.1. The van der Waals surface area contributed by atoms with E-state index in [1.165, 1.54) is 38.4 Å². The number of carbonyl (C=O) groups is 2. The molecule has 194 valence electrons. The Balaban J connectivity index is 2.24. The number of aliphatic hydroxyl groups excluding tert-OH is 1. The summed E-state index contributed by atoms with van der Waals surface area (Å²) in [4.78, 5) is 30.2. The van der Waals surface area contributed by atoms with Crippen molar-refractivity contribution in [3.8, 4) is 17.2 Å². The lowest BCUT2D eigenvalue weighted by atomic mass is 9.94. The minimum atomic E-state index is -0.899. The van der Waals surface area contributed by atoms with Gasteiger partial charge in [0.05, 0.1) is 43.0 Å². The predicted molar refractivity (Wildman–Crippen MR) is 139 cm³/mol. The van der Waals surface area contributed by atoms with Crippen molar-refractivity contribution < 1.29 is 28.9 Å². The zero-order valence-electron chi connectivity index (χ0n) is 20.9. The third-order valence-electron chi connectivity index (χ3n) is 6.29. The van der Waals surface area contributed by atoms with E-state index in [1.807, 2.05) is 13.8 Å². The monoisotopic (exact) mass is 536 g/mol. The van der Waals surface area contributed by atoms with Crippen LogP contribution in [-0.4, -0.2) is 74.1 Å². The molecule has 0 aromatic heterocycles. The van der Waals surface area contributed by atoms with E-state index in [4.69, 9.17) is 37.4 Å². The second-order valence-corrected chi connectivity index (χ2v) is 8.92. The van der Waals surface area contributed by atoms with Crippen molar-refractivity contribution in [3.63, 3.8) is 0 Å². The molecular formula is C26H30Cl2N2O6. The Morgan fingerprint density at radius 2 is 1.58 bits per heavy atom. The summed E-state index contributed by atoms with van der Waals surface area (Å²) in [5.74, 6) is -0.768. The lowest BCUT2D eigenvalue weighted by Gasteiger charge is -2.29. The minimum absolute atomic E-state index is 0.0628. The van der Waals surface area contributed by atoms with Crippen molar-refractivity contribution in [1.29, 1.82) is 0 Å². The summed E-state index contributed by atoms with van der Waals surface area (Å²) in [6, 6.07) is 6.95. The molecule has 2 aromatic rings. The molecule has 0 aliphatic carbocycles. The maximum absolute atomic E-state index is 13.3. The summed E-state index contributed by atoms with van der Waals surface area (Å²) in [5.41, 5.74) is 0.723. The maximum atomic E-state index is 13.3. The fourth-order valence-corrected chi connectivity index (χ4v) is 4.60. The van der Waals surface area contributed by atoms with Crippen molar-refractivity contribution in [1.82, 2.24) is 9.80 Å². The molecule has 1 fully saturated rings. The lowest BCUT2D eigenvalue weighted by molar-refractivity contribution is -0.140. The molecule has 1 heterocycles. The van der Waals surface area contributed by atoms with E-state index >= 15 is 0 Å². The summed E-state index contributed by atoms with van der Waals surface area (Å²) in [7, 11) is 4.45. The first-order valence-corrected chi connectivity index (χ1v) is 12.2. The molecule has 1 saturated heterocycles. The number of nitrogens with zero attached hydrogens (tertiary/aromatic N) is 2. The number of ketones is 1. The molecule has 36 heavy (non-hydrogen) atoms. The van der Waals surface area contributed by atoms with Gasteiger partial charge in [0, 0.05) is 18.7 Å². The summed E-state index contributed by atoms with van der Waals surface area (Å²) in [5, 5.41) is 11.8. The Labute approximate surface area is 220 Å². The number of methoxy groups -OCH3 is 3. The molecule has 8 nitrogen and oxygen atoms in total. The molecular weight excluding hydrogens is 507 g/mol. The van der Waals surface area contributed by atoms with Gasteiger partial charge in [-0.3, -0.25) is 9.59 Å². The Morgan fingerprint density at radius 1 is 0.972 bits per heavy atom. The van der Waals surface area contributed by atoms with Gasteiger partial charge in [0.15, 0.2) is 11.5 Å². The van der Waals surface area contributed by atoms with Gasteiger partial charge in [-0.15, -0.1) is 0 Å².